The number of nitrogens with one attached hydrogen (secondary N) is 1. The van der Waals surface area contributed by atoms with Crippen LogP contribution in [-0.4, -0.2) is 61.7 Å². The van der Waals surface area contributed by atoms with Gasteiger partial charge >= 0.3 is 0 Å². The molecule has 1 unspecified atom stereocenters. The summed E-state index contributed by atoms with van der Waals surface area (Å²) in [5, 5.41) is 2.60. The first-order chi connectivity index (χ1) is 14.8. The smallest absolute Gasteiger partial charge is 0.254 e. The van der Waals surface area contributed by atoms with Gasteiger partial charge in [-0.3, -0.25) is 9.59 Å². The SMILES string of the molecule is O=C1CN(S(=O)(=O)c2ccc(C(=O)N3CCCC3Cc3cccc(F)c3)cc2)CCN1. The third kappa shape index (κ3) is 4.62. The van der Waals surface area contributed by atoms with Crippen LogP contribution in [-0.2, 0) is 21.2 Å². The lowest BCUT2D eigenvalue weighted by molar-refractivity contribution is -0.122. The number of benzene rings is 2. The van der Waals surface area contributed by atoms with Crippen LogP contribution in [0.1, 0.15) is 28.8 Å². The number of sulfonamides is 1. The fourth-order valence-corrected chi connectivity index (χ4v) is 5.55. The van der Waals surface area contributed by atoms with Gasteiger partial charge in [0, 0.05) is 31.2 Å². The number of carbonyl (C=O) groups excluding carboxylic acids is 2. The molecule has 7 nitrogen and oxygen atoms in total. The van der Waals surface area contributed by atoms with Crippen LogP contribution in [0.25, 0.3) is 0 Å². The molecule has 2 amide bonds. The van der Waals surface area contributed by atoms with Gasteiger partial charge in [0.25, 0.3) is 5.91 Å². The van der Waals surface area contributed by atoms with Crippen molar-refractivity contribution < 1.29 is 22.4 Å². The zero-order valence-corrected chi connectivity index (χ0v) is 17.8. The molecule has 0 bridgehead atoms. The van der Waals surface area contributed by atoms with E-state index >= 15 is 0 Å². The molecule has 2 saturated heterocycles. The van der Waals surface area contributed by atoms with Gasteiger partial charge in [-0.2, -0.15) is 4.31 Å². The van der Waals surface area contributed by atoms with Crippen molar-refractivity contribution in [3.8, 4) is 0 Å². The molecule has 4 rings (SSSR count). The second-order valence-electron chi connectivity index (χ2n) is 7.84. The first-order valence-corrected chi connectivity index (χ1v) is 11.7. The van der Waals surface area contributed by atoms with E-state index in [9.17, 15) is 22.4 Å². The molecule has 2 aromatic carbocycles. The number of piperazine rings is 1. The number of hydrogen-bond acceptors (Lipinski definition) is 4. The van der Waals surface area contributed by atoms with E-state index in [-0.39, 0.29) is 48.2 Å². The number of carbonyl (C=O) groups is 2. The average molecular weight is 446 g/mol. The van der Waals surface area contributed by atoms with E-state index in [0.29, 0.717) is 18.5 Å². The molecule has 0 aromatic heterocycles. The van der Waals surface area contributed by atoms with Crippen LogP contribution in [0, 0.1) is 5.82 Å². The molecular weight excluding hydrogens is 421 g/mol. The van der Waals surface area contributed by atoms with Gasteiger partial charge in [0.05, 0.1) is 11.4 Å². The van der Waals surface area contributed by atoms with Gasteiger partial charge in [-0.15, -0.1) is 0 Å². The van der Waals surface area contributed by atoms with Crippen molar-refractivity contribution >= 4 is 21.8 Å². The van der Waals surface area contributed by atoms with Gasteiger partial charge in [0.2, 0.25) is 15.9 Å². The van der Waals surface area contributed by atoms with Crippen LogP contribution in [0.4, 0.5) is 4.39 Å². The topological polar surface area (TPSA) is 86.8 Å². The highest BCUT2D eigenvalue weighted by Crippen LogP contribution is 2.25. The Balaban J connectivity index is 1.48. The zero-order valence-electron chi connectivity index (χ0n) is 17.0. The predicted molar refractivity (Wildman–Crippen MR) is 112 cm³/mol. The van der Waals surface area contributed by atoms with Crippen LogP contribution in [0.2, 0.25) is 0 Å². The molecule has 2 aromatic rings. The maximum Gasteiger partial charge on any atom is 0.254 e. The van der Waals surface area contributed by atoms with Crippen molar-refractivity contribution in [1.82, 2.24) is 14.5 Å². The van der Waals surface area contributed by atoms with Crippen LogP contribution in [0.15, 0.2) is 53.4 Å². The first kappa shape index (κ1) is 21.5. The van der Waals surface area contributed by atoms with E-state index in [4.69, 9.17) is 0 Å². The van der Waals surface area contributed by atoms with Gasteiger partial charge in [-0.1, -0.05) is 12.1 Å². The Kier molecular flexibility index (Phi) is 6.06. The molecule has 0 radical (unpaired) electrons. The second kappa shape index (κ2) is 8.76. The van der Waals surface area contributed by atoms with Gasteiger partial charge < -0.3 is 10.2 Å². The van der Waals surface area contributed by atoms with Crippen molar-refractivity contribution in [1.29, 1.82) is 0 Å². The molecule has 0 spiro atoms. The molecule has 0 saturated carbocycles. The number of rotatable bonds is 5. The van der Waals surface area contributed by atoms with E-state index in [0.717, 1.165) is 22.7 Å². The normalized spacial score (nSPS) is 20.0. The molecule has 164 valence electrons. The van der Waals surface area contributed by atoms with E-state index in [1.165, 1.54) is 36.4 Å². The predicted octanol–water partition coefficient (Wildman–Crippen LogP) is 1.79. The van der Waals surface area contributed by atoms with Crippen molar-refractivity contribution in [3.63, 3.8) is 0 Å². The van der Waals surface area contributed by atoms with Gasteiger partial charge in [0.1, 0.15) is 5.82 Å². The molecule has 1 atom stereocenters. The third-order valence-electron chi connectivity index (χ3n) is 5.74. The van der Waals surface area contributed by atoms with Crippen LogP contribution >= 0.6 is 0 Å². The molecular formula is C22H24FN3O4S. The Hall–Kier alpha value is -2.78. The minimum absolute atomic E-state index is 0.0235. The summed E-state index contributed by atoms with van der Waals surface area (Å²) in [5.74, 6) is -0.795. The summed E-state index contributed by atoms with van der Waals surface area (Å²) in [6.45, 7) is 0.890. The van der Waals surface area contributed by atoms with Gasteiger partial charge in [-0.25, -0.2) is 12.8 Å². The number of amides is 2. The Labute approximate surface area is 180 Å². The Morgan fingerprint density at radius 2 is 1.90 bits per heavy atom. The van der Waals surface area contributed by atoms with Crippen molar-refractivity contribution in [2.75, 3.05) is 26.2 Å². The number of likely N-dealkylation sites (tertiary alicyclic amines) is 1. The summed E-state index contributed by atoms with van der Waals surface area (Å²) >= 11 is 0. The van der Waals surface area contributed by atoms with Crippen molar-refractivity contribution in [2.45, 2.75) is 30.2 Å². The second-order valence-corrected chi connectivity index (χ2v) is 9.78. The molecule has 9 heteroatoms. The molecule has 0 aliphatic carbocycles. The lowest BCUT2D eigenvalue weighted by atomic mass is 10.0. The van der Waals surface area contributed by atoms with Crippen molar-refractivity contribution in [2.24, 2.45) is 0 Å². The Morgan fingerprint density at radius 3 is 2.61 bits per heavy atom. The molecule has 2 fully saturated rings. The average Bonchev–Trinajstić information content (AvgIpc) is 3.21. The van der Waals surface area contributed by atoms with Gasteiger partial charge in [0.15, 0.2) is 0 Å². The molecule has 1 N–H and O–H groups in total. The summed E-state index contributed by atoms with van der Waals surface area (Å²) in [6, 6.07) is 12.2. The van der Waals surface area contributed by atoms with Crippen molar-refractivity contribution in [3.05, 3.63) is 65.5 Å². The van der Waals surface area contributed by atoms with Crippen LogP contribution < -0.4 is 5.32 Å². The quantitative estimate of drug-likeness (QED) is 0.760. The first-order valence-electron chi connectivity index (χ1n) is 10.3. The fourth-order valence-electron chi connectivity index (χ4n) is 4.16. The highest BCUT2D eigenvalue weighted by atomic mass is 32.2. The summed E-state index contributed by atoms with van der Waals surface area (Å²) in [5.41, 5.74) is 1.25. The van der Waals surface area contributed by atoms with E-state index in [2.05, 4.69) is 5.32 Å². The van der Waals surface area contributed by atoms with E-state index < -0.39 is 10.0 Å². The maximum absolute atomic E-state index is 13.5. The van der Waals surface area contributed by atoms with E-state index in [1.54, 1.807) is 11.0 Å². The number of halogens is 1. The highest BCUT2D eigenvalue weighted by molar-refractivity contribution is 7.89. The van der Waals surface area contributed by atoms with Crippen LogP contribution in [0.3, 0.4) is 0 Å². The largest absolute Gasteiger partial charge is 0.354 e. The van der Waals surface area contributed by atoms with Gasteiger partial charge in [-0.05, 0) is 61.2 Å². The maximum atomic E-state index is 13.5. The minimum Gasteiger partial charge on any atom is -0.354 e. The fraction of sp³-hybridized carbons (Fsp3) is 0.364. The molecule has 2 aliphatic rings. The number of hydrogen-bond donors (Lipinski definition) is 1. The molecule has 31 heavy (non-hydrogen) atoms. The Morgan fingerprint density at radius 1 is 1.13 bits per heavy atom. The zero-order chi connectivity index (χ0) is 22.0. The monoisotopic (exact) mass is 445 g/mol. The standard InChI is InChI=1S/C22H24FN3O4S/c23-18-4-1-3-16(13-18)14-19-5-2-11-26(19)22(28)17-6-8-20(9-7-17)31(29,30)25-12-10-24-21(27)15-25/h1,3-4,6-9,13,19H,2,5,10-12,14-15H2,(H,24,27). The minimum atomic E-state index is -3.80. The number of nitrogens with zero attached hydrogens (tertiary/aromatic N) is 2. The lowest BCUT2D eigenvalue weighted by Gasteiger charge is -2.26. The third-order valence-corrected chi connectivity index (χ3v) is 7.60. The van der Waals surface area contributed by atoms with Crippen LogP contribution in [0.5, 0.6) is 0 Å². The lowest BCUT2D eigenvalue weighted by Crippen LogP contribution is -2.49. The highest BCUT2D eigenvalue weighted by Gasteiger charge is 2.31. The van der Waals surface area contributed by atoms with E-state index in [1.807, 2.05) is 6.07 Å². The summed E-state index contributed by atoms with van der Waals surface area (Å²) < 4.78 is 40.2. The summed E-state index contributed by atoms with van der Waals surface area (Å²) in [4.78, 5) is 26.4. The summed E-state index contributed by atoms with van der Waals surface area (Å²) in [7, 11) is -3.80. The Bertz CT molecular complexity index is 1090. The molecule has 2 aliphatic heterocycles. The summed E-state index contributed by atoms with van der Waals surface area (Å²) in [6.07, 6.45) is 2.29. The molecule has 2 heterocycles.